The molecule has 4 rings (SSSR count). The van der Waals surface area contributed by atoms with Crippen molar-refractivity contribution in [3.8, 4) is 5.75 Å². The number of aromatic nitrogens is 4. The highest BCUT2D eigenvalue weighted by molar-refractivity contribution is 7.13. The number of ether oxygens (including phenoxy) is 1. The summed E-state index contributed by atoms with van der Waals surface area (Å²) in [6, 6.07) is 7.24. The molecule has 26 heavy (non-hydrogen) atoms. The van der Waals surface area contributed by atoms with Crippen LogP contribution in [0.25, 0.3) is 0 Å². The fraction of sp³-hybridized carbons (Fsp3) is 0.294. The molecular weight excluding hydrogens is 352 g/mol. The molecule has 1 aromatic carbocycles. The Morgan fingerprint density at radius 2 is 2.27 bits per heavy atom. The van der Waals surface area contributed by atoms with E-state index < -0.39 is 5.92 Å². The number of fused-ring (bicyclic) bond motifs is 1. The number of amides is 1. The predicted molar refractivity (Wildman–Crippen MR) is 98.5 cm³/mol. The standard InChI is InChI=1S/C17H18N6O2S/c1-10-13(15(24)22-17-18-6-7-26-17)14(23-16(21-10)19-9-20-23)11-4-3-5-12(8-11)25-2/h3-10,13-14H,1-2H3,(H,18,22,24)(H,19,20,21)/t10-,13-,14-/m1/s1. The Kier molecular flexibility index (Phi) is 4.29. The SMILES string of the molecule is COc1cccc([C@@H]2[C@H](C(=O)Nc3nccs3)[C@@H](C)Nc3ncnn32)c1. The molecule has 1 aliphatic rings. The third-order valence-electron chi connectivity index (χ3n) is 4.47. The minimum absolute atomic E-state index is 0.117. The lowest BCUT2D eigenvalue weighted by atomic mass is 9.85. The van der Waals surface area contributed by atoms with Gasteiger partial charge in [0.1, 0.15) is 12.1 Å². The largest absolute Gasteiger partial charge is 0.497 e. The molecular formula is C17H18N6O2S. The minimum atomic E-state index is -0.403. The van der Waals surface area contributed by atoms with Crippen molar-refractivity contribution in [3.63, 3.8) is 0 Å². The number of methoxy groups -OCH3 is 1. The van der Waals surface area contributed by atoms with E-state index in [1.165, 1.54) is 17.7 Å². The molecule has 0 fully saturated rings. The smallest absolute Gasteiger partial charge is 0.233 e. The van der Waals surface area contributed by atoms with Crippen molar-refractivity contribution < 1.29 is 9.53 Å². The van der Waals surface area contributed by atoms with Crippen LogP contribution in [0.1, 0.15) is 18.5 Å². The average molecular weight is 370 g/mol. The van der Waals surface area contributed by atoms with Crippen LogP contribution in [-0.4, -0.2) is 38.8 Å². The van der Waals surface area contributed by atoms with E-state index in [4.69, 9.17) is 4.74 Å². The van der Waals surface area contributed by atoms with Crippen molar-refractivity contribution in [1.29, 1.82) is 0 Å². The molecule has 0 spiro atoms. The lowest BCUT2D eigenvalue weighted by molar-refractivity contribution is -0.121. The fourth-order valence-electron chi connectivity index (χ4n) is 3.29. The van der Waals surface area contributed by atoms with Crippen LogP contribution < -0.4 is 15.4 Å². The topological polar surface area (TPSA) is 94.0 Å². The number of carbonyl (C=O) groups excluding carboxylic acids is 1. The van der Waals surface area contributed by atoms with E-state index in [0.29, 0.717) is 11.1 Å². The van der Waals surface area contributed by atoms with Gasteiger partial charge in [0.25, 0.3) is 0 Å². The first-order chi connectivity index (χ1) is 12.7. The Balaban J connectivity index is 1.75. The summed E-state index contributed by atoms with van der Waals surface area (Å²) >= 11 is 1.39. The first kappa shape index (κ1) is 16.5. The Morgan fingerprint density at radius 3 is 3.04 bits per heavy atom. The summed E-state index contributed by atoms with van der Waals surface area (Å²) in [6.45, 7) is 1.97. The van der Waals surface area contributed by atoms with Crippen molar-refractivity contribution in [3.05, 3.63) is 47.7 Å². The molecule has 0 saturated heterocycles. The van der Waals surface area contributed by atoms with Crippen LogP contribution in [0.3, 0.4) is 0 Å². The van der Waals surface area contributed by atoms with Gasteiger partial charge in [-0.3, -0.25) is 4.79 Å². The number of rotatable bonds is 4. The van der Waals surface area contributed by atoms with Crippen LogP contribution >= 0.6 is 11.3 Å². The third-order valence-corrected chi connectivity index (χ3v) is 5.16. The van der Waals surface area contributed by atoms with E-state index in [1.807, 2.05) is 36.6 Å². The maximum Gasteiger partial charge on any atom is 0.233 e. The lowest BCUT2D eigenvalue weighted by Gasteiger charge is -2.36. The lowest BCUT2D eigenvalue weighted by Crippen LogP contribution is -2.46. The molecule has 2 N–H and O–H groups in total. The molecule has 1 amide bonds. The highest BCUT2D eigenvalue weighted by atomic mass is 32.1. The van der Waals surface area contributed by atoms with E-state index in [-0.39, 0.29) is 18.0 Å². The molecule has 0 saturated carbocycles. The summed E-state index contributed by atoms with van der Waals surface area (Å²) in [5, 5.41) is 12.9. The van der Waals surface area contributed by atoms with Gasteiger partial charge in [-0.1, -0.05) is 12.1 Å². The summed E-state index contributed by atoms with van der Waals surface area (Å²) in [7, 11) is 1.62. The predicted octanol–water partition coefficient (Wildman–Crippen LogP) is 2.40. The first-order valence-electron chi connectivity index (χ1n) is 8.17. The molecule has 134 valence electrons. The van der Waals surface area contributed by atoms with Gasteiger partial charge >= 0.3 is 0 Å². The van der Waals surface area contributed by atoms with E-state index >= 15 is 0 Å². The van der Waals surface area contributed by atoms with Crippen LogP contribution in [0.2, 0.25) is 0 Å². The second-order valence-corrected chi connectivity index (χ2v) is 6.93. The number of thiazole rings is 1. The number of hydrogen-bond donors (Lipinski definition) is 2. The van der Waals surface area contributed by atoms with Crippen molar-refractivity contribution in [2.24, 2.45) is 5.92 Å². The fourth-order valence-corrected chi connectivity index (χ4v) is 3.83. The van der Waals surface area contributed by atoms with Gasteiger partial charge in [0.05, 0.1) is 19.1 Å². The highest BCUT2D eigenvalue weighted by Crippen LogP contribution is 2.37. The normalized spacial score (nSPS) is 21.5. The van der Waals surface area contributed by atoms with E-state index in [1.54, 1.807) is 18.0 Å². The van der Waals surface area contributed by atoms with Gasteiger partial charge in [-0.25, -0.2) is 9.67 Å². The minimum Gasteiger partial charge on any atom is -0.497 e. The Morgan fingerprint density at radius 1 is 1.38 bits per heavy atom. The third kappa shape index (κ3) is 2.90. The second kappa shape index (κ2) is 6.75. The Labute approximate surface area is 154 Å². The maximum atomic E-state index is 13.1. The summed E-state index contributed by atoms with van der Waals surface area (Å²) in [5.74, 6) is 0.854. The highest BCUT2D eigenvalue weighted by Gasteiger charge is 2.41. The molecule has 3 heterocycles. The van der Waals surface area contributed by atoms with Gasteiger partial charge < -0.3 is 15.4 Å². The molecule has 3 atom stereocenters. The molecule has 0 radical (unpaired) electrons. The number of nitrogens with one attached hydrogen (secondary N) is 2. The van der Waals surface area contributed by atoms with E-state index in [0.717, 1.165) is 11.3 Å². The van der Waals surface area contributed by atoms with E-state index in [2.05, 4.69) is 25.7 Å². The van der Waals surface area contributed by atoms with Crippen LogP contribution in [0.15, 0.2) is 42.2 Å². The number of anilines is 2. The first-order valence-corrected chi connectivity index (χ1v) is 9.05. The second-order valence-electron chi connectivity index (χ2n) is 6.03. The molecule has 0 bridgehead atoms. The number of carbonyl (C=O) groups is 1. The van der Waals surface area contributed by atoms with Crippen molar-refractivity contribution in [1.82, 2.24) is 19.7 Å². The van der Waals surface area contributed by atoms with Crippen molar-refractivity contribution in [2.45, 2.75) is 19.0 Å². The zero-order chi connectivity index (χ0) is 18.1. The maximum absolute atomic E-state index is 13.1. The monoisotopic (exact) mass is 370 g/mol. The van der Waals surface area contributed by atoms with Crippen LogP contribution in [0, 0.1) is 5.92 Å². The summed E-state index contributed by atoms with van der Waals surface area (Å²) in [6.07, 6.45) is 3.15. The van der Waals surface area contributed by atoms with Gasteiger partial charge in [-0.05, 0) is 24.6 Å². The summed E-state index contributed by atoms with van der Waals surface area (Å²) < 4.78 is 7.10. The molecule has 0 unspecified atom stereocenters. The molecule has 1 aliphatic heterocycles. The molecule has 9 heteroatoms. The average Bonchev–Trinajstić information content (AvgIpc) is 3.32. The van der Waals surface area contributed by atoms with E-state index in [9.17, 15) is 4.79 Å². The van der Waals surface area contributed by atoms with Gasteiger partial charge in [0, 0.05) is 17.6 Å². The van der Waals surface area contributed by atoms with Gasteiger partial charge in [-0.15, -0.1) is 11.3 Å². The quantitative estimate of drug-likeness (QED) is 0.732. The number of nitrogens with zero attached hydrogens (tertiary/aromatic N) is 4. The summed E-state index contributed by atoms with van der Waals surface area (Å²) in [4.78, 5) is 21.5. The zero-order valence-electron chi connectivity index (χ0n) is 14.3. The van der Waals surface area contributed by atoms with Crippen molar-refractivity contribution >= 4 is 28.3 Å². The van der Waals surface area contributed by atoms with Crippen LogP contribution in [0.5, 0.6) is 5.75 Å². The molecule has 3 aromatic rings. The Bertz CT molecular complexity index is 910. The summed E-state index contributed by atoms with van der Waals surface area (Å²) in [5.41, 5.74) is 0.934. The molecule has 2 aromatic heterocycles. The van der Waals surface area contributed by atoms with Crippen LogP contribution in [0.4, 0.5) is 11.1 Å². The van der Waals surface area contributed by atoms with Crippen molar-refractivity contribution in [2.75, 3.05) is 17.7 Å². The van der Waals surface area contributed by atoms with Gasteiger partial charge in [0.15, 0.2) is 5.13 Å². The van der Waals surface area contributed by atoms with Gasteiger partial charge in [0.2, 0.25) is 11.9 Å². The number of benzene rings is 1. The molecule has 8 nitrogen and oxygen atoms in total. The number of hydrogen-bond acceptors (Lipinski definition) is 7. The zero-order valence-corrected chi connectivity index (χ0v) is 15.1. The van der Waals surface area contributed by atoms with Gasteiger partial charge in [-0.2, -0.15) is 10.1 Å². The molecule has 0 aliphatic carbocycles. The Hall–Kier alpha value is -2.94. The van der Waals surface area contributed by atoms with Crippen LogP contribution in [-0.2, 0) is 4.79 Å².